The first-order valence-corrected chi connectivity index (χ1v) is 8.21. The van der Waals surface area contributed by atoms with Crippen molar-refractivity contribution in [3.05, 3.63) is 65.2 Å². The maximum atomic E-state index is 12.7. The lowest BCUT2D eigenvalue weighted by atomic mass is 10.1. The highest BCUT2D eigenvalue weighted by Crippen LogP contribution is 2.25. The highest BCUT2D eigenvalue weighted by atomic mass is 16.5. The van der Waals surface area contributed by atoms with Crippen molar-refractivity contribution in [2.75, 3.05) is 11.6 Å². The van der Waals surface area contributed by atoms with Crippen molar-refractivity contribution in [1.82, 2.24) is 0 Å². The van der Waals surface area contributed by atoms with E-state index >= 15 is 0 Å². The van der Waals surface area contributed by atoms with Gasteiger partial charge in [0.25, 0.3) is 5.91 Å². The number of aromatic carboxylic acids is 1. The quantitative estimate of drug-likeness (QED) is 0.651. The number of amides is 1. The third-order valence-electron chi connectivity index (χ3n) is 3.96. The van der Waals surface area contributed by atoms with Crippen LogP contribution >= 0.6 is 0 Å². The fourth-order valence-corrected chi connectivity index (χ4v) is 2.57. The summed E-state index contributed by atoms with van der Waals surface area (Å²) in [6.07, 6.45) is 1.65. The lowest BCUT2D eigenvalue weighted by Crippen LogP contribution is -2.28. The number of rotatable bonds is 6. The number of carboxylic acid groups (broad SMARTS) is 2. The molecule has 142 valence electrons. The van der Waals surface area contributed by atoms with Crippen molar-refractivity contribution in [3.63, 3.8) is 0 Å². The molecule has 8 nitrogen and oxygen atoms in total. The molecule has 1 aliphatic rings. The molecule has 2 aromatic rings. The van der Waals surface area contributed by atoms with Crippen LogP contribution in [-0.2, 0) is 9.59 Å². The summed E-state index contributed by atoms with van der Waals surface area (Å²) in [5, 5.41) is 26.7. The van der Waals surface area contributed by atoms with Crippen LogP contribution in [0.2, 0.25) is 0 Å². The van der Waals surface area contributed by atoms with Crippen molar-refractivity contribution in [3.8, 4) is 5.75 Å². The van der Waals surface area contributed by atoms with Crippen LogP contribution in [0.25, 0.3) is 6.08 Å². The molecule has 0 saturated carbocycles. The van der Waals surface area contributed by atoms with E-state index in [0.717, 1.165) is 0 Å². The first kappa shape index (κ1) is 18.8. The van der Waals surface area contributed by atoms with Crippen LogP contribution in [-0.4, -0.2) is 30.2 Å². The monoisotopic (exact) mass is 378 g/mol. The zero-order chi connectivity index (χ0) is 20.3. The molecule has 0 N–H and O–H groups in total. The molecular weight excluding hydrogens is 364 g/mol. The summed E-state index contributed by atoms with van der Waals surface area (Å²) in [6, 6.07) is 12.2. The third-order valence-corrected chi connectivity index (χ3v) is 3.96. The molecule has 0 spiro atoms. The second kappa shape index (κ2) is 7.75. The number of hydrazone groups is 1. The maximum Gasteiger partial charge on any atom is 0.280 e. The van der Waals surface area contributed by atoms with Crippen molar-refractivity contribution in [1.29, 1.82) is 0 Å². The zero-order valence-corrected chi connectivity index (χ0v) is 14.7. The Morgan fingerprint density at radius 1 is 1.07 bits per heavy atom. The molecule has 0 aromatic heterocycles. The van der Waals surface area contributed by atoms with Crippen LogP contribution in [0.1, 0.15) is 22.8 Å². The van der Waals surface area contributed by atoms with Gasteiger partial charge in [0.05, 0.1) is 28.9 Å². The molecule has 1 heterocycles. The van der Waals surface area contributed by atoms with Crippen LogP contribution < -0.4 is 20.0 Å². The summed E-state index contributed by atoms with van der Waals surface area (Å²) in [4.78, 5) is 33.9. The number of carbonyl (C=O) groups excluding carboxylic acids is 3. The van der Waals surface area contributed by atoms with Crippen LogP contribution in [0.3, 0.4) is 0 Å². The van der Waals surface area contributed by atoms with Gasteiger partial charge in [0.1, 0.15) is 12.4 Å². The molecule has 1 aliphatic heterocycles. The number of benzene rings is 2. The van der Waals surface area contributed by atoms with Gasteiger partial charge in [0.2, 0.25) is 0 Å². The number of carbonyl (C=O) groups is 3. The van der Waals surface area contributed by atoms with Gasteiger partial charge in [0.15, 0.2) is 0 Å². The summed E-state index contributed by atoms with van der Waals surface area (Å²) < 4.78 is 5.01. The average molecular weight is 378 g/mol. The molecule has 0 unspecified atom stereocenters. The minimum Gasteiger partial charge on any atom is -0.546 e. The standard InChI is InChI=1S/C20H16N2O6/c1-12-17(10-13-2-8-16(9-3-13)28-11-18(23)24)19(25)22(21-12)15-6-4-14(5-7-15)20(26)27/h2-10H,11H2,1H3,(H,23,24)(H,26,27)/p-2/b17-10-. The molecule has 28 heavy (non-hydrogen) atoms. The maximum absolute atomic E-state index is 12.7. The molecule has 0 radical (unpaired) electrons. The predicted molar refractivity (Wildman–Crippen MR) is 96.3 cm³/mol. The van der Waals surface area contributed by atoms with Gasteiger partial charge < -0.3 is 24.5 Å². The van der Waals surface area contributed by atoms with Gasteiger partial charge in [-0.15, -0.1) is 0 Å². The Hall–Kier alpha value is -3.94. The number of aliphatic carboxylic acids is 1. The number of nitrogens with zero attached hydrogens (tertiary/aromatic N) is 2. The van der Waals surface area contributed by atoms with Crippen LogP contribution in [0, 0.1) is 0 Å². The zero-order valence-electron chi connectivity index (χ0n) is 14.7. The van der Waals surface area contributed by atoms with Gasteiger partial charge in [-0.25, -0.2) is 0 Å². The van der Waals surface area contributed by atoms with E-state index in [2.05, 4.69) is 5.10 Å². The van der Waals surface area contributed by atoms with E-state index in [1.807, 2.05) is 0 Å². The molecular formula is C20H14N2O6-2. The summed E-state index contributed by atoms with van der Waals surface area (Å²) >= 11 is 0. The number of carboxylic acids is 2. The fourth-order valence-electron chi connectivity index (χ4n) is 2.57. The van der Waals surface area contributed by atoms with Gasteiger partial charge in [-0.2, -0.15) is 10.1 Å². The van der Waals surface area contributed by atoms with Gasteiger partial charge in [0, 0.05) is 0 Å². The number of hydrogen-bond donors (Lipinski definition) is 0. The van der Waals surface area contributed by atoms with Gasteiger partial charge in [-0.3, -0.25) is 4.79 Å². The minimum atomic E-state index is -1.32. The Morgan fingerprint density at radius 3 is 2.29 bits per heavy atom. The van der Waals surface area contributed by atoms with E-state index in [-0.39, 0.29) is 11.5 Å². The first-order chi connectivity index (χ1) is 13.3. The molecule has 3 rings (SSSR count). The SMILES string of the molecule is CC1=NN(c2ccc(C(=O)[O-])cc2)C(=O)/C1=C\c1ccc(OCC(=O)[O-])cc1. The van der Waals surface area contributed by atoms with E-state index in [9.17, 15) is 24.6 Å². The second-order valence-electron chi connectivity index (χ2n) is 5.92. The summed E-state index contributed by atoms with van der Waals surface area (Å²) in [7, 11) is 0. The van der Waals surface area contributed by atoms with Gasteiger partial charge in [-0.1, -0.05) is 24.3 Å². The van der Waals surface area contributed by atoms with E-state index in [1.165, 1.54) is 29.3 Å². The molecule has 0 atom stereocenters. The topological polar surface area (TPSA) is 122 Å². The lowest BCUT2D eigenvalue weighted by molar-refractivity contribution is -0.307. The van der Waals surface area contributed by atoms with E-state index in [0.29, 0.717) is 28.3 Å². The fraction of sp³-hybridized carbons (Fsp3) is 0.100. The molecule has 2 aromatic carbocycles. The molecule has 0 saturated heterocycles. The molecule has 1 amide bonds. The third kappa shape index (κ3) is 4.07. The normalized spacial score (nSPS) is 14.9. The smallest absolute Gasteiger partial charge is 0.280 e. The number of anilines is 1. The van der Waals surface area contributed by atoms with E-state index in [1.54, 1.807) is 37.3 Å². The summed E-state index contributed by atoms with van der Waals surface area (Å²) in [6.45, 7) is 1.15. The Balaban J connectivity index is 1.78. The Bertz CT molecular complexity index is 990. The molecule has 0 bridgehead atoms. The summed E-state index contributed by atoms with van der Waals surface area (Å²) in [5.74, 6) is -2.60. The first-order valence-electron chi connectivity index (χ1n) is 8.21. The van der Waals surface area contributed by atoms with Crippen molar-refractivity contribution in [2.45, 2.75) is 6.92 Å². The second-order valence-corrected chi connectivity index (χ2v) is 5.92. The average Bonchev–Trinajstić information content (AvgIpc) is 2.95. The Kier molecular flexibility index (Phi) is 5.21. The van der Waals surface area contributed by atoms with Crippen LogP contribution in [0.4, 0.5) is 5.69 Å². The van der Waals surface area contributed by atoms with E-state index < -0.39 is 18.5 Å². The van der Waals surface area contributed by atoms with Crippen LogP contribution in [0.15, 0.2) is 59.2 Å². The Morgan fingerprint density at radius 2 is 1.71 bits per heavy atom. The number of hydrogen-bond acceptors (Lipinski definition) is 7. The molecule has 0 aliphatic carbocycles. The predicted octanol–water partition coefficient (Wildman–Crippen LogP) is -0.0151. The minimum absolute atomic E-state index is 0.00727. The van der Waals surface area contributed by atoms with E-state index in [4.69, 9.17) is 4.74 Å². The van der Waals surface area contributed by atoms with Gasteiger partial charge >= 0.3 is 0 Å². The molecule has 8 heteroatoms. The lowest BCUT2D eigenvalue weighted by Gasteiger charge is -2.12. The van der Waals surface area contributed by atoms with Crippen molar-refractivity contribution < 1.29 is 29.3 Å². The number of ether oxygens (including phenoxy) is 1. The van der Waals surface area contributed by atoms with Crippen molar-refractivity contribution >= 4 is 35.3 Å². The largest absolute Gasteiger partial charge is 0.546 e. The highest BCUT2D eigenvalue weighted by molar-refractivity contribution is 6.32. The summed E-state index contributed by atoms with van der Waals surface area (Å²) in [5.41, 5.74) is 2.03. The highest BCUT2D eigenvalue weighted by Gasteiger charge is 2.28. The van der Waals surface area contributed by atoms with Crippen molar-refractivity contribution in [2.24, 2.45) is 5.10 Å². The molecule has 0 fully saturated rings. The van der Waals surface area contributed by atoms with Gasteiger partial charge in [-0.05, 0) is 48.4 Å². The Labute approximate surface area is 160 Å². The van der Waals surface area contributed by atoms with Crippen LogP contribution in [0.5, 0.6) is 5.75 Å².